The van der Waals surface area contributed by atoms with Gasteiger partial charge in [-0.15, -0.1) is 0 Å². The summed E-state index contributed by atoms with van der Waals surface area (Å²) in [5.74, 6) is 0.0342. The minimum absolute atomic E-state index is 0.0285. The molecular formula is C6H11NO4S2. The second kappa shape index (κ2) is 2.46. The second-order valence-electron chi connectivity index (χ2n) is 3.83. The molecule has 7 heteroatoms. The fourth-order valence-electron chi connectivity index (χ4n) is 2.00. The lowest BCUT2D eigenvalue weighted by molar-refractivity contribution is 0.386. The molecule has 0 radical (unpaired) electrons. The predicted octanol–water partition coefficient (Wildman–Crippen LogP) is -1.83. The molecule has 0 unspecified atom stereocenters. The van der Waals surface area contributed by atoms with Gasteiger partial charge in [0.1, 0.15) is 0 Å². The third-order valence-corrected chi connectivity index (χ3v) is 6.21. The fourth-order valence-corrected chi connectivity index (χ4v) is 5.97. The van der Waals surface area contributed by atoms with Crippen molar-refractivity contribution in [2.45, 2.75) is 5.54 Å². The zero-order valence-corrected chi connectivity index (χ0v) is 8.62. The van der Waals surface area contributed by atoms with Crippen molar-refractivity contribution in [1.29, 1.82) is 0 Å². The number of rotatable bonds is 0. The van der Waals surface area contributed by atoms with Crippen LogP contribution in [-0.4, -0.2) is 51.9 Å². The monoisotopic (exact) mass is 225 g/mol. The van der Waals surface area contributed by atoms with E-state index in [-0.39, 0.29) is 23.0 Å². The van der Waals surface area contributed by atoms with E-state index in [4.69, 9.17) is 0 Å². The van der Waals surface area contributed by atoms with Crippen LogP contribution in [0.1, 0.15) is 0 Å². The zero-order valence-electron chi connectivity index (χ0n) is 6.99. The predicted molar refractivity (Wildman–Crippen MR) is 48.0 cm³/mol. The van der Waals surface area contributed by atoms with Crippen LogP contribution >= 0.6 is 0 Å². The summed E-state index contributed by atoms with van der Waals surface area (Å²) in [7, 11) is -5.99. The summed E-state index contributed by atoms with van der Waals surface area (Å²) in [5.41, 5.74) is -0.657. The lowest BCUT2D eigenvalue weighted by atomic mass is 10.1. The van der Waals surface area contributed by atoms with Crippen LogP contribution in [0.2, 0.25) is 0 Å². The Balaban J connectivity index is 2.20. The van der Waals surface area contributed by atoms with E-state index < -0.39 is 25.2 Å². The molecular weight excluding hydrogens is 214 g/mol. The molecule has 76 valence electrons. The van der Waals surface area contributed by atoms with Gasteiger partial charge in [-0.05, 0) is 0 Å². The van der Waals surface area contributed by atoms with Gasteiger partial charge in [-0.2, -0.15) is 0 Å². The molecule has 5 nitrogen and oxygen atoms in total. The molecule has 2 fully saturated rings. The standard InChI is InChI=1S/C6H11NO4S2/c8-12(9)2-1-7-6(3-12)4-13(10,11)5-6/h7H,1-5H2. The molecule has 0 saturated carbocycles. The third kappa shape index (κ3) is 1.72. The Labute approximate surface area is 77.4 Å². The van der Waals surface area contributed by atoms with Gasteiger partial charge >= 0.3 is 0 Å². The van der Waals surface area contributed by atoms with Crippen molar-refractivity contribution in [2.75, 3.05) is 29.6 Å². The van der Waals surface area contributed by atoms with Crippen molar-refractivity contribution in [2.24, 2.45) is 0 Å². The smallest absolute Gasteiger partial charge is 0.154 e. The number of nitrogens with one attached hydrogen (secondary N) is 1. The van der Waals surface area contributed by atoms with Crippen LogP contribution in [0.3, 0.4) is 0 Å². The molecule has 0 amide bonds. The van der Waals surface area contributed by atoms with Gasteiger partial charge in [0, 0.05) is 6.54 Å². The van der Waals surface area contributed by atoms with Crippen molar-refractivity contribution in [3.63, 3.8) is 0 Å². The van der Waals surface area contributed by atoms with Crippen molar-refractivity contribution < 1.29 is 16.8 Å². The topological polar surface area (TPSA) is 80.3 Å². The Hall–Kier alpha value is -0.140. The molecule has 0 atom stereocenters. The first-order valence-electron chi connectivity index (χ1n) is 3.99. The van der Waals surface area contributed by atoms with E-state index in [1.54, 1.807) is 0 Å². The molecule has 0 aromatic rings. The van der Waals surface area contributed by atoms with E-state index >= 15 is 0 Å². The van der Waals surface area contributed by atoms with Crippen LogP contribution in [0, 0.1) is 0 Å². The van der Waals surface area contributed by atoms with Crippen LogP contribution in [0.5, 0.6) is 0 Å². The van der Waals surface area contributed by atoms with Crippen molar-refractivity contribution >= 4 is 19.7 Å². The van der Waals surface area contributed by atoms with E-state index in [1.165, 1.54) is 0 Å². The molecule has 0 aromatic heterocycles. The van der Waals surface area contributed by atoms with Gasteiger partial charge in [0.05, 0.1) is 28.6 Å². The van der Waals surface area contributed by atoms with E-state index in [0.717, 1.165) is 0 Å². The van der Waals surface area contributed by atoms with Crippen molar-refractivity contribution in [3.8, 4) is 0 Å². The van der Waals surface area contributed by atoms with Crippen LogP contribution in [0.4, 0.5) is 0 Å². The van der Waals surface area contributed by atoms with Crippen LogP contribution in [0.25, 0.3) is 0 Å². The SMILES string of the molecule is O=S1(=O)CCNC2(C1)CS(=O)(=O)C2. The highest BCUT2D eigenvalue weighted by atomic mass is 32.2. The number of hydrogen-bond donors (Lipinski definition) is 1. The van der Waals surface area contributed by atoms with Gasteiger partial charge < -0.3 is 5.32 Å². The average Bonchev–Trinajstić information content (AvgIpc) is 1.78. The largest absolute Gasteiger partial charge is 0.307 e. The first kappa shape index (κ1) is 9.42. The molecule has 2 aliphatic heterocycles. The van der Waals surface area contributed by atoms with Crippen molar-refractivity contribution in [3.05, 3.63) is 0 Å². The summed E-state index contributed by atoms with van der Waals surface area (Å²) in [5, 5.41) is 2.98. The van der Waals surface area contributed by atoms with Gasteiger partial charge in [0.2, 0.25) is 0 Å². The summed E-state index contributed by atoms with van der Waals surface area (Å²) in [6.07, 6.45) is 0. The van der Waals surface area contributed by atoms with Crippen LogP contribution < -0.4 is 5.32 Å². The molecule has 2 rings (SSSR count). The molecule has 2 aliphatic rings. The highest BCUT2D eigenvalue weighted by Crippen LogP contribution is 2.27. The molecule has 2 heterocycles. The summed E-state index contributed by atoms with van der Waals surface area (Å²) in [4.78, 5) is 0. The van der Waals surface area contributed by atoms with E-state index in [0.29, 0.717) is 6.54 Å². The van der Waals surface area contributed by atoms with Crippen LogP contribution in [-0.2, 0) is 19.7 Å². The average molecular weight is 225 g/mol. The van der Waals surface area contributed by atoms with Gasteiger partial charge in [-0.3, -0.25) is 0 Å². The molecule has 2 saturated heterocycles. The lowest BCUT2D eigenvalue weighted by Gasteiger charge is -2.44. The maximum Gasteiger partial charge on any atom is 0.154 e. The zero-order chi connectivity index (χ0) is 9.74. The van der Waals surface area contributed by atoms with E-state index in [1.807, 2.05) is 0 Å². The first-order valence-corrected chi connectivity index (χ1v) is 7.63. The van der Waals surface area contributed by atoms with Crippen molar-refractivity contribution in [1.82, 2.24) is 5.32 Å². The molecule has 1 N–H and O–H groups in total. The Morgan fingerprint density at radius 1 is 0.923 bits per heavy atom. The Kier molecular flexibility index (Phi) is 1.78. The maximum atomic E-state index is 11.2. The molecule has 0 bridgehead atoms. The lowest BCUT2D eigenvalue weighted by Crippen LogP contribution is -2.70. The third-order valence-electron chi connectivity index (χ3n) is 2.40. The summed E-state index contributed by atoms with van der Waals surface area (Å²) >= 11 is 0. The highest BCUT2D eigenvalue weighted by Gasteiger charge is 2.52. The van der Waals surface area contributed by atoms with E-state index in [9.17, 15) is 16.8 Å². The Morgan fingerprint density at radius 2 is 1.46 bits per heavy atom. The normalized spacial score (nSPS) is 33.8. The molecule has 1 spiro atoms. The van der Waals surface area contributed by atoms with Gasteiger partial charge in [0.25, 0.3) is 0 Å². The minimum atomic E-state index is -3.03. The fraction of sp³-hybridized carbons (Fsp3) is 1.00. The minimum Gasteiger partial charge on any atom is -0.307 e. The number of hydrogen-bond acceptors (Lipinski definition) is 5. The van der Waals surface area contributed by atoms with Gasteiger partial charge in [-0.1, -0.05) is 0 Å². The summed E-state index contributed by atoms with van der Waals surface area (Å²) in [6, 6.07) is 0. The van der Waals surface area contributed by atoms with Crippen LogP contribution in [0.15, 0.2) is 0 Å². The quantitative estimate of drug-likeness (QED) is 0.524. The Bertz CT molecular complexity index is 410. The molecule has 13 heavy (non-hydrogen) atoms. The van der Waals surface area contributed by atoms with Gasteiger partial charge in [0.15, 0.2) is 19.7 Å². The molecule has 0 aliphatic carbocycles. The first-order chi connectivity index (χ1) is 5.83. The maximum absolute atomic E-state index is 11.2. The van der Waals surface area contributed by atoms with Gasteiger partial charge in [-0.25, -0.2) is 16.8 Å². The number of sulfone groups is 2. The summed E-state index contributed by atoms with van der Waals surface area (Å²) in [6.45, 7) is 0.373. The Morgan fingerprint density at radius 3 is 1.92 bits per heavy atom. The second-order valence-corrected chi connectivity index (χ2v) is 8.08. The molecule has 0 aromatic carbocycles. The van der Waals surface area contributed by atoms with E-state index in [2.05, 4.69) is 5.32 Å². The highest BCUT2D eigenvalue weighted by molar-refractivity contribution is 7.94. The summed E-state index contributed by atoms with van der Waals surface area (Å²) < 4.78 is 44.3.